The zero-order valence-electron chi connectivity index (χ0n) is 46.8. The van der Waals surface area contributed by atoms with E-state index in [4.69, 9.17) is 18.9 Å². The molecule has 0 aromatic rings. The van der Waals surface area contributed by atoms with E-state index in [1.165, 1.54) is 193 Å². The predicted molar refractivity (Wildman–Crippen MR) is 295 cm³/mol. The van der Waals surface area contributed by atoms with Crippen LogP contribution in [0.4, 0.5) is 0 Å². The molecule has 12 atom stereocenters. The fourth-order valence-corrected chi connectivity index (χ4v) is 10.2. The first-order chi connectivity index (χ1) is 36.1. The van der Waals surface area contributed by atoms with Crippen LogP contribution in [0.3, 0.4) is 0 Å². The standard InChI is InChI=1S/C60H113NO13/c1-3-5-7-9-11-13-15-17-19-20-21-22-23-24-25-26-27-28-30-32-34-36-38-40-42-44-52(65)61-48(49(64)43-41-39-37-35-33-31-29-18-16-14-12-10-8-6-4-2)47-71-59-57(70)55(68)58(51(46-63)73-59)74-60-56(69)54(67)53(66)50(45-62)72-60/h33,35,41,43,48-51,53-60,62-64,66-70H,3-32,34,36-40,42,44-47H2,1-2H3,(H,61,65)/b35-33+,43-41+. The molecule has 9 N–H and O–H groups in total. The molecule has 2 saturated heterocycles. The van der Waals surface area contributed by atoms with Crippen LogP contribution in [-0.2, 0) is 23.7 Å². The summed E-state index contributed by atoms with van der Waals surface area (Å²) < 4.78 is 22.8. The van der Waals surface area contributed by atoms with E-state index in [2.05, 4.69) is 31.3 Å². The van der Waals surface area contributed by atoms with Gasteiger partial charge in [-0.25, -0.2) is 0 Å². The largest absolute Gasteiger partial charge is 0.394 e. The summed E-state index contributed by atoms with van der Waals surface area (Å²) in [5, 5.41) is 87.0. The minimum absolute atomic E-state index is 0.245. The summed E-state index contributed by atoms with van der Waals surface area (Å²) in [4.78, 5) is 13.3. The van der Waals surface area contributed by atoms with E-state index in [1.807, 2.05) is 6.08 Å². The van der Waals surface area contributed by atoms with Crippen molar-refractivity contribution in [3.05, 3.63) is 24.3 Å². The Morgan fingerprint density at radius 1 is 0.473 bits per heavy atom. The van der Waals surface area contributed by atoms with Crippen LogP contribution in [0.2, 0.25) is 0 Å². The molecular formula is C60H113NO13. The molecule has 1 amide bonds. The topological polar surface area (TPSA) is 228 Å². The summed E-state index contributed by atoms with van der Waals surface area (Å²) in [6.07, 6.45) is 38.0. The number of rotatable bonds is 49. The van der Waals surface area contributed by atoms with Gasteiger partial charge in [0.2, 0.25) is 5.91 Å². The Balaban J connectivity index is 1.73. The predicted octanol–water partition coefficient (Wildman–Crippen LogP) is 10.4. The lowest BCUT2D eigenvalue weighted by Gasteiger charge is -2.46. The van der Waals surface area contributed by atoms with E-state index in [0.717, 1.165) is 32.1 Å². The van der Waals surface area contributed by atoms with Gasteiger partial charge in [0.15, 0.2) is 12.6 Å². The second-order valence-electron chi connectivity index (χ2n) is 21.8. The van der Waals surface area contributed by atoms with E-state index >= 15 is 0 Å². The molecule has 2 aliphatic rings. The first kappa shape index (κ1) is 68.6. The van der Waals surface area contributed by atoms with Gasteiger partial charge >= 0.3 is 0 Å². The SMILES string of the molecule is CCCCCCCCCCC/C=C/CC/C=C/C(O)C(COC1OC(CO)C(OC2OC(CO)C(O)C(O)C2O)C(O)C1O)NC(=O)CCCCCCCCCCCCCCCCCCCCCCCCCCC. The summed E-state index contributed by atoms with van der Waals surface area (Å²) in [6, 6.07) is -0.927. The summed E-state index contributed by atoms with van der Waals surface area (Å²) in [6.45, 7) is 2.80. The minimum atomic E-state index is -1.79. The lowest BCUT2D eigenvalue weighted by Crippen LogP contribution is -2.65. The van der Waals surface area contributed by atoms with Crippen molar-refractivity contribution in [3.8, 4) is 0 Å². The summed E-state index contributed by atoms with van der Waals surface area (Å²) >= 11 is 0. The number of carbonyl (C=O) groups excluding carboxylic acids is 1. The molecule has 12 unspecified atom stereocenters. The number of amides is 1. The second-order valence-corrected chi connectivity index (χ2v) is 21.8. The molecule has 0 saturated carbocycles. The summed E-state index contributed by atoms with van der Waals surface area (Å²) in [7, 11) is 0. The first-order valence-corrected chi connectivity index (χ1v) is 30.6. The number of aliphatic hydroxyl groups is 8. The van der Waals surface area contributed by atoms with Crippen LogP contribution in [0.1, 0.15) is 258 Å². The third-order valence-electron chi connectivity index (χ3n) is 15.1. The van der Waals surface area contributed by atoms with Gasteiger partial charge < -0.3 is 65.1 Å². The summed E-state index contributed by atoms with van der Waals surface area (Å²) in [5.41, 5.74) is 0. The zero-order chi connectivity index (χ0) is 53.9. The highest BCUT2D eigenvalue weighted by Gasteiger charge is 2.51. The molecule has 14 nitrogen and oxygen atoms in total. The van der Waals surface area contributed by atoms with Gasteiger partial charge in [0.1, 0.15) is 48.8 Å². The van der Waals surface area contributed by atoms with Crippen LogP contribution in [0.15, 0.2) is 24.3 Å². The van der Waals surface area contributed by atoms with Crippen LogP contribution < -0.4 is 5.32 Å². The normalized spacial score (nSPS) is 25.3. The maximum atomic E-state index is 13.3. The van der Waals surface area contributed by atoms with E-state index < -0.39 is 86.8 Å². The number of hydrogen-bond donors (Lipinski definition) is 9. The second kappa shape index (κ2) is 46.4. The molecule has 74 heavy (non-hydrogen) atoms. The van der Waals surface area contributed by atoms with Crippen LogP contribution in [0, 0.1) is 0 Å². The van der Waals surface area contributed by atoms with Crippen molar-refractivity contribution in [1.82, 2.24) is 5.32 Å². The third-order valence-corrected chi connectivity index (χ3v) is 15.1. The molecule has 0 aromatic carbocycles. The quantitative estimate of drug-likeness (QED) is 0.0204. The van der Waals surface area contributed by atoms with E-state index in [0.29, 0.717) is 12.8 Å². The lowest BCUT2D eigenvalue weighted by atomic mass is 9.97. The average molecular weight is 1060 g/mol. The molecule has 2 heterocycles. The van der Waals surface area contributed by atoms with Gasteiger partial charge in [-0.3, -0.25) is 4.79 Å². The third kappa shape index (κ3) is 31.8. The minimum Gasteiger partial charge on any atom is -0.394 e. The monoisotopic (exact) mass is 1060 g/mol. The van der Waals surface area contributed by atoms with Crippen molar-refractivity contribution in [3.63, 3.8) is 0 Å². The fourth-order valence-electron chi connectivity index (χ4n) is 10.2. The molecule has 2 rings (SSSR count). The van der Waals surface area contributed by atoms with Crippen molar-refractivity contribution in [1.29, 1.82) is 0 Å². The molecule has 0 bridgehead atoms. The highest BCUT2D eigenvalue weighted by atomic mass is 16.7. The van der Waals surface area contributed by atoms with Gasteiger partial charge in [-0.1, -0.05) is 244 Å². The molecule has 14 heteroatoms. The first-order valence-electron chi connectivity index (χ1n) is 30.6. The number of allylic oxidation sites excluding steroid dienone is 3. The molecule has 0 aliphatic carbocycles. The van der Waals surface area contributed by atoms with E-state index in [9.17, 15) is 45.6 Å². The number of ether oxygens (including phenoxy) is 4. The van der Waals surface area contributed by atoms with Gasteiger partial charge in [0.05, 0.1) is 32.0 Å². The highest BCUT2D eigenvalue weighted by Crippen LogP contribution is 2.30. The number of unbranched alkanes of at least 4 members (excludes halogenated alkanes) is 34. The van der Waals surface area contributed by atoms with E-state index in [1.54, 1.807) is 6.08 Å². The van der Waals surface area contributed by atoms with Gasteiger partial charge in [-0.05, 0) is 32.1 Å². The van der Waals surface area contributed by atoms with Crippen molar-refractivity contribution in [2.75, 3.05) is 19.8 Å². The summed E-state index contributed by atoms with van der Waals surface area (Å²) in [5.74, 6) is -0.245. The lowest BCUT2D eigenvalue weighted by molar-refractivity contribution is -0.359. The molecular weight excluding hydrogens is 943 g/mol. The number of aliphatic hydroxyl groups excluding tert-OH is 8. The Kier molecular flexibility index (Phi) is 43.0. The maximum Gasteiger partial charge on any atom is 0.220 e. The van der Waals surface area contributed by atoms with Crippen molar-refractivity contribution in [2.24, 2.45) is 0 Å². The van der Waals surface area contributed by atoms with Crippen LogP contribution in [0.5, 0.6) is 0 Å². The Hall–Kier alpha value is -1.53. The van der Waals surface area contributed by atoms with Gasteiger partial charge in [0, 0.05) is 6.42 Å². The number of carbonyl (C=O) groups is 1. The fraction of sp³-hybridized carbons (Fsp3) is 0.917. The molecule has 0 spiro atoms. The molecule has 0 radical (unpaired) electrons. The van der Waals surface area contributed by atoms with E-state index in [-0.39, 0.29) is 18.9 Å². The van der Waals surface area contributed by atoms with Crippen molar-refractivity contribution >= 4 is 5.91 Å². The van der Waals surface area contributed by atoms with Crippen molar-refractivity contribution < 1.29 is 64.6 Å². The molecule has 436 valence electrons. The molecule has 2 fully saturated rings. The smallest absolute Gasteiger partial charge is 0.220 e. The molecule has 2 aliphatic heterocycles. The van der Waals surface area contributed by atoms with Gasteiger partial charge in [-0.15, -0.1) is 0 Å². The Labute approximate surface area is 449 Å². The Bertz CT molecular complexity index is 1340. The van der Waals surface area contributed by atoms with Crippen LogP contribution in [-0.4, -0.2) is 140 Å². The molecule has 0 aromatic heterocycles. The average Bonchev–Trinajstić information content (AvgIpc) is 3.40. The number of hydrogen-bond acceptors (Lipinski definition) is 13. The van der Waals surface area contributed by atoms with Gasteiger partial charge in [-0.2, -0.15) is 0 Å². The van der Waals surface area contributed by atoms with Crippen LogP contribution >= 0.6 is 0 Å². The van der Waals surface area contributed by atoms with Gasteiger partial charge in [0.25, 0.3) is 0 Å². The number of nitrogens with one attached hydrogen (secondary N) is 1. The Morgan fingerprint density at radius 3 is 1.32 bits per heavy atom. The maximum absolute atomic E-state index is 13.3. The zero-order valence-corrected chi connectivity index (χ0v) is 46.8. The highest BCUT2D eigenvalue weighted by molar-refractivity contribution is 5.76. The van der Waals surface area contributed by atoms with Crippen LogP contribution in [0.25, 0.3) is 0 Å². The van der Waals surface area contributed by atoms with Crippen molar-refractivity contribution in [2.45, 2.75) is 331 Å². The Morgan fingerprint density at radius 2 is 0.865 bits per heavy atom.